The van der Waals surface area contributed by atoms with E-state index in [9.17, 15) is 0 Å². The van der Waals surface area contributed by atoms with Crippen molar-refractivity contribution in [1.82, 2.24) is 0 Å². The van der Waals surface area contributed by atoms with E-state index in [1.54, 1.807) is 0 Å². The lowest BCUT2D eigenvalue weighted by atomic mass is 10.1. The van der Waals surface area contributed by atoms with Gasteiger partial charge in [0.2, 0.25) is 0 Å². The Morgan fingerprint density at radius 2 is 2.33 bits per heavy atom. The van der Waals surface area contributed by atoms with E-state index in [2.05, 4.69) is 12.8 Å². The van der Waals surface area contributed by atoms with Crippen molar-refractivity contribution in [1.29, 1.82) is 0 Å². The molecule has 0 nitrogen and oxygen atoms in total. The first kappa shape index (κ1) is 6.68. The van der Waals surface area contributed by atoms with E-state index in [1.807, 2.05) is 0 Å². The minimum Gasteiger partial charge on any atom is -0.120 e. The summed E-state index contributed by atoms with van der Waals surface area (Å²) < 4.78 is 0. The van der Waals surface area contributed by atoms with E-state index in [1.165, 1.54) is 19.3 Å². The van der Waals surface area contributed by atoms with Crippen LogP contribution in [0.1, 0.15) is 32.6 Å². The van der Waals surface area contributed by atoms with Crippen molar-refractivity contribution >= 4 is 0 Å². The molecule has 0 aromatic rings. The van der Waals surface area contributed by atoms with Gasteiger partial charge in [-0.3, -0.25) is 0 Å². The zero-order chi connectivity index (χ0) is 6.69. The molecule has 0 N–H and O–H groups in total. The van der Waals surface area contributed by atoms with Crippen LogP contribution in [0.4, 0.5) is 0 Å². The van der Waals surface area contributed by atoms with Gasteiger partial charge >= 0.3 is 0 Å². The van der Waals surface area contributed by atoms with Gasteiger partial charge in [-0.1, -0.05) is 6.92 Å². The summed E-state index contributed by atoms with van der Waals surface area (Å²) in [7, 11) is 0. The molecule has 0 aromatic carbocycles. The number of unbranched alkanes of at least 4 members (excludes halogenated alkanes) is 1. The molecule has 1 fully saturated rings. The normalized spacial score (nSPS) is 31.6. The lowest BCUT2D eigenvalue weighted by Gasteiger charge is -1.91. The summed E-state index contributed by atoms with van der Waals surface area (Å²) in [6.45, 7) is 2.32. The molecule has 0 spiro atoms. The first-order valence-corrected chi connectivity index (χ1v) is 3.78. The van der Waals surface area contributed by atoms with Gasteiger partial charge in [-0.15, -0.1) is 12.3 Å². The maximum Gasteiger partial charge on any atom is 0.00861 e. The number of hydrogen-bond donors (Lipinski definition) is 0. The highest BCUT2D eigenvalue weighted by atomic mass is 14.4. The molecule has 0 aliphatic heterocycles. The molecule has 1 aliphatic carbocycles. The van der Waals surface area contributed by atoms with Crippen LogP contribution >= 0.6 is 0 Å². The zero-order valence-corrected chi connectivity index (χ0v) is 6.06. The van der Waals surface area contributed by atoms with Gasteiger partial charge in [-0.05, 0) is 31.1 Å². The smallest absolute Gasteiger partial charge is 0.00861 e. The molecule has 0 amide bonds. The minimum atomic E-state index is 0.975. The molecule has 9 heavy (non-hydrogen) atoms. The predicted molar refractivity (Wildman–Crippen MR) is 40.0 cm³/mol. The van der Waals surface area contributed by atoms with Gasteiger partial charge in [0, 0.05) is 6.42 Å². The maximum absolute atomic E-state index is 5.12. The molecule has 1 saturated carbocycles. The van der Waals surface area contributed by atoms with Gasteiger partial charge in [0.05, 0.1) is 0 Å². The van der Waals surface area contributed by atoms with E-state index < -0.39 is 0 Å². The van der Waals surface area contributed by atoms with Gasteiger partial charge in [0.15, 0.2) is 0 Å². The van der Waals surface area contributed by atoms with E-state index in [-0.39, 0.29) is 0 Å². The highest BCUT2D eigenvalue weighted by molar-refractivity contribution is 4.86. The number of rotatable bonds is 3. The van der Waals surface area contributed by atoms with Crippen molar-refractivity contribution in [2.24, 2.45) is 11.8 Å². The van der Waals surface area contributed by atoms with Crippen molar-refractivity contribution in [2.45, 2.75) is 32.6 Å². The van der Waals surface area contributed by atoms with Crippen LogP contribution in [0.2, 0.25) is 0 Å². The van der Waals surface area contributed by atoms with E-state index in [4.69, 9.17) is 6.42 Å². The van der Waals surface area contributed by atoms with Crippen LogP contribution in [0.5, 0.6) is 0 Å². The Morgan fingerprint density at radius 3 is 2.78 bits per heavy atom. The number of terminal acetylenes is 1. The summed E-state index contributed by atoms with van der Waals surface area (Å²) in [6, 6.07) is 0. The second-order valence-electron chi connectivity index (χ2n) is 3.07. The minimum absolute atomic E-state index is 0.975. The Kier molecular flexibility index (Phi) is 2.16. The average Bonchev–Trinajstić information content (AvgIpc) is 2.48. The third kappa shape index (κ3) is 2.10. The van der Waals surface area contributed by atoms with Crippen LogP contribution in [0, 0.1) is 24.2 Å². The second-order valence-corrected chi connectivity index (χ2v) is 3.07. The SMILES string of the molecule is C#CCCCC1CC1C. The first-order chi connectivity index (χ1) is 4.34. The van der Waals surface area contributed by atoms with Gasteiger partial charge in [0.1, 0.15) is 0 Å². The Balaban J connectivity index is 1.90. The molecular weight excluding hydrogens is 108 g/mol. The van der Waals surface area contributed by atoms with Crippen molar-refractivity contribution in [3.05, 3.63) is 0 Å². The summed E-state index contributed by atoms with van der Waals surface area (Å²) in [5.74, 6) is 4.69. The predicted octanol–water partition coefficient (Wildman–Crippen LogP) is 2.45. The average molecular weight is 122 g/mol. The molecule has 1 rings (SSSR count). The molecule has 1 aliphatic rings. The topological polar surface area (TPSA) is 0 Å². The molecule has 0 radical (unpaired) electrons. The van der Waals surface area contributed by atoms with Crippen LogP contribution in [0.15, 0.2) is 0 Å². The lowest BCUT2D eigenvalue weighted by Crippen LogP contribution is -1.78. The van der Waals surface area contributed by atoms with Gasteiger partial charge in [-0.25, -0.2) is 0 Å². The molecule has 0 bridgehead atoms. The highest BCUT2D eigenvalue weighted by Gasteiger charge is 2.30. The lowest BCUT2D eigenvalue weighted by molar-refractivity contribution is 0.640. The summed E-state index contributed by atoms with van der Waals surface area (Å²) in [4.78, 5) is 0. The van der Waals surface area contributed by atoms with Crippen molar-refractivity contribution in [3.63, 3.8) is 0 Å². The van der Waals surface area contributed by atoms with Crippen molar-refractivity contribution in [3.8, 4) is 12.3 Å². The fourth-order valence-electron chi connectivity index (χ4n) is 1.27. The molecule has 50 valence electrons. The molecule has 0 heteroatoms. The Bertz CT molecular complexity index is 118. The monoisotopic (exact) mass is 122 g/mol. The van der Waals surface area contributed by atoms with Gasteiger partial charge in [0.25, 0.3) is 0 Å². The standard InChI is InChI=1S/C9H14/c1-3-4-5-6-9-7-8(9)2/h1,8-9H,4-7H2,2H3. The highest BCUT2D eigenvalue weighted by Crippen LogP contribution is 2.41. The fourth-order valence-corrected chi connectivity index (χ4v) is 1.27. The van der Waals surface area contributed by atoms with Crippen molar-refractivity contribution < 1.29 is 0 Å². The zero-order valence-electron chi connectivity index (χ0n) is 6.06. The molecule has 0 saturated heterocycles. The van der Waals surface area contributed by atoms with E-state index in [0.29, 0.717) is 0 Å². The summed E-state index contributed by atoms with van der Waals surface area (Å²) in [5.41, 5.74) is 0. The first-order valence-electron chi connectivity index (χ1n) is 3.78. The Morgan fingerprint density at radius 1 is 1.67 bits per heavy atom. The molecular formula is C9H14. The largest absolute Gasteiger partial charge is 0.120 e. The molecule has 0 heterocycles. The third-order valence-corrected chi connectivity index (χ3v) is 2.17. The van der Waals surface area contributed by atoms with Gasteiger partial charge in [-0.2, -0.15) is 0 Å². The summed E-state index contributed by atoms with van der Waals surface area (Å²) in [5, 5.41) is 0. The van der Waals surface area contributed by atoms with E-state index in [0.717, 1.165) is 18.3 Å². The fraction of sp³-hybridized carbons (Fsp3) is 0.778. The van der Waals surface area contributed by atoms with Crippen LogP contribution < -0.4 is 0 Å². The van der Waals surface area contributed by atoms with Crippen LogP contribution in [0.25, 0.3) is 0 Å². The van der Waals surface area contributed by atoms with Crippen molar-refractivity contribution in [2.75, 3.05) is 0 Å². The van der Waals surface area contributed by atoms with Crippen LogP contribution in [-0.4, -0.2) is 0 Å². The quantitative estimate of drug-likeness (QED) is 0.398. The van der Waals surface area contributed by atoms with E-state index >= 15 is 0 Å². The second kappa shape index (κ2) is 2.92. The number of hydrogen-bond acceptors (Lipinski definition) is 0. The van der Waals surface area contributed by atoms with Crippen LogP contribution in [0.3, 0.4) is 0 Å². The molecule has 2 atom stereocenters. The molecule has 0 aromatic heterocycles. The summed E-state index contributed by atoms with van der Waals surface area (Å²) >= 11 is 0. The Hall–Kier alpha value is -0.440. The summed E-state index contributed by atoms with van der Waals surface area (Å²) in [6.07, 6.45) is 10.2. The Labute approximate surface area is 57.7 Å². The van der Waals surface area contributed by atoms with Gasteiger partial charge < -0.3 is 0 Å². The maximum atomic E-state index is 5.12. The van der Waals surface area contributed by atoms with Crippen LogP contribution in [-0.2, 0) is 0 Å². The third-order valence-electron chi connectivity index (χ3n) is 2.17. The molecule has 2 unspecified atom stereocenters.